The van der Waals surface area contributed by atoms with Crippen molar-refractivity contribution in [2.75, 3.05) is 33.7 Å². The maximum absolute atomic E-state index is 10.8. The van der Waals surface area contributed by atoms with Crippen LogP contribution in [0.15, 0.2) is 10.7 Å². The Bertz CT molecular complexity index is 423. The number of halogens is 1. The highest BCUT2D eigenvalue weighted by Crippen LogP contribution is 2.29. The lowest BCUT2D eigenvalue weighted by Gasteiger charge is -2.40. The van der Waals surface area contributed by atoms with Gasteiger partial charge in [0, 0.05) is 26.2 Å². The maximum Gasteiger partial charge on any atom is 0.113 e. The molecule has 0 aromatic carbocycles. The number of aliphatic hydroxyl groups excluding tert-OH is 1. The Morgan fingerprint density at radius 3 is 2.89 bits per heavy atom. The quantitative estimate of drug-likeness (QED) is 0.904. The Labute approximate surface area is 123 Å². The lowest BCUT2D eigenvalue weighted by Crippen LogP contribution is -2.52. The lowest BCUT2D eigenvalue weighted by molar-refractivity contribution is 0.00910. The van der Waals surface area contributed by atoms with Crippen LogP contribution < -0.4 is 0 Å². The number of hydrogen-bond acceptors (Lipinski definition) is 4. The van der Waals surface area contributed by atoms with Gasteiger partial charge in [-0.2, -0.15) is 5.10 Å². The third-order valence-electron chi connectivity index (χ3n) is 3.81. The first kappa shape index (κ1) is 15.0. The first-order valence-electron chi connectivity index (χ1n) is 6.82. The molecule has 0 saturated carbocycles. The zero-order valence-electron chi connectivity index (χ0n) is 11.9. The Morgan fingerprint density at radius 1 is 1.47 bits per heavy atom. The van der Waals surface area contributed by atoms with Crippen molar-refractivity contribution < 1.29 is 5.11 Å². The average Bonchev–Trinajstić information content (AvgIpc) is 2.73. The van der Waals surface area contributed by atoms with Gasteiger partial charge in [0.2, 0.25) is 0 Å². The van der Waals surface area contributed by atoms with Crippen molar-refractivity contribution in [3.8, 4) is 0 Å². The third-order valence-corrected chi connectivity index (χ3v) is 4.42. The second-order valence-electron chi connectivity index (χ2n) is 5.36. The van der Waals surface area contributed by atoms with Gasteiger partial charge in [-0.1, -0.05) is 6.92 Å². The molecule has 1 aliphatic rings. The van der Waals surface area contributed by atoms with Crippen molar-refractivity contribution in [3.63, 3.8) is 0 Å². The Balaban J connectivity index is 2.22. The Morgan fingerprint density at radius 2 is 2.21 bits per heavy atom. The number of rotatable bonds is 4. The van der Waals surface area contributed by atoms with E-state index in [2.05, 4.69) is 51.8 Å². The SMILES string of the molecule is CCCn1ncc(Br)c1C(O)C1CN(C)CCN1C. The fraction of sp³-hybridized carbons (Fsp3) is 0.769. The molecule has 0 bridgehead atoms. The largest absolute Gasteiger partial charge is 0.385 e. The third kappa shape index (κ3) is 3.18. The topological polar surface area (TPSA) is 44.5 Å². The highest BCUT2D eigenvalue weighted by atomic mass is 79.9. The summed E-state index contributed by atoms with van der Waals surface area (Å²) in [5.41, 5.74) is 0.897. The van der Waals surface area contributed by atoms with E-state index < -0.39 is 6.10 Å². The second kappa shape index (κ2) is 6.35. The van der Waals surface area contributed by atoms with Crippen LogP contribution in [0.5, 0.6) is 0 Å². The highest BCUT2D eigenvalue weighted by Gasteiger charge is 2.32. The monoisotopic (exact) mass is 330 g/mol. The summed E-state index contributed by atoms with van der Waals surface area (Å²) in [6, 6.07) is 0.113. The number of nitrogens with zero attached hydrogens (tertiary/aromatic N) is 4. The molecule has 108 valence electrons. The van der Waals surface area contributed by atoms with Gasteiger partial charge in [0.05, 0.1) is 22.4 Å². The summed E-state index contributed by atoms with van der Waals surface area (Å²) >= 11 is 3.51. The molecule has 1 aliphatic heterocycles. The van der Waals surface area contributed by atoms with Crippen LogP contribution in [0.4, 0.5) is 0 Å². The zero-order valence-corrected chi connectivity index (χ0v) is 13.5. The number of hydrogen-bond donors (Lipinski definition) is 1. The number of aromatic nitrogens is 2. The molecule has 0 radical (unpaired) electrons. The maximum atomic E-state index is 10.8. The van der Waals surface area contributed by atoms with E-state index in [0.29, 0.717) is 0 Å². The minimum Gasteiger partial charge on any atom is -0.385 e. The summed E-state index contributed by atoms with van der Waals surface area (Å²) in [4.78, 5) is 4.50. The predicted octanol–water partition coefficient (Wildman–Crippen LogP) is 1.33. The molecule has 0 amide bonds. The summed E-state index contributed by atoms with van der Waals surface area (Å²) < 4.78 is 2.81. The first-order chi connectivity index (χ1) is 9.04. The minimum atomic E-state index is -0.517. The fourth-order valence-corrected chi connectivity index (χ4v) is 3.15. The standard InChI is InChI=1S/C13H23BrN4O/c1-4-5-18-12(10(14)8-15-18)13(19)11-9-16(2)6-7-17(11)3/h8,11,13,19H,4-7,9H2,1-3H3. The van der Waals surface area contributed by atoms with E-state index in [1.807, 2.05) is 4.68 Å². The van der Waals surface area contributed by atoms with Crippen molar-refractivity contribution in [3.05, 3.63) is 16.4 Å². The van der Waals surface area contributed by atoms with Gasteiger partial charge >= 0.3 is 0 Å². The molecule has 2 rings (SSSR count). The molecule has 6 heteroatoms. The van der Waals surface area contributed by atoms with Gasteiger partial charge < -0.3 is 10.0 Å². The van der Waals surface area contributed by atoms with Gasteiger partial charge in [-0.25, -0.2) is 0 Å². The Hall–Kier alpha value is -0.430. The van der Waals surface area contributed by atoms with Gasteiger partial charge in [-0.15, -0.1) is 0 Å². The van der Waals surface area contributed by atoms with Gasteiger partial charge in [0.15, 0.2) is 0 Å². The molecule has 1 saturated heterocycles. The summed E-state index contributed by atoms with van der Waals surface area (Å²) in [6.07, 6.45) is 2.27. The van der Waals surface area contributed by atoms with E-state index in [9.17, 15) is 5.11 Å². The number of aliphatic hydroxyl groups is 1. The molecule has 1 N–H and O–H groups in total. The first-order valence-corrected chi connectivity index (χ1v) is 7.62. The molecular formula is C13H23BrN4O. The van der Waals surface area contributed by atoms with Crippen LogP contribution in [0, 0.1) is 0 Å². The van der Waals surface area contributed by atoms with Crippen LogP contribution in [-0.4, -0.2) is 64.5 Å². The van der Waals surface area contributed by atoms with E-state index in [4.69, 9.17) is 0 Å². The van der Waals surface area contributed by atoms with Crippen molar-refractivity contribution in [2.24, 2.45) is 0 Å². The summed E-state index contributed by atoms with van der Waals surface area (Å²) in [7, 11) is 4.18. The van der Waals surface area contributed by atoms with Gasteiger partial charge in [0.25, 0.3) is 0 Å². The molecule has 2 atom stereocenters. The fourth-order valence-electron chi connectivity index (χ4n) is 2.62. The highest BCUT2D eigenvalue weighted by molar-refractivity contribution is 9.10. The summed E-state index contributed by atoms with van der Waals surface area (Å²) in [5.74, 6) is 0. The molecule has 1 aromatic rings. The van der Waals surface area contributed by atoms with Crippen molar-refractivity contribution in [1.82, 2.24) is 19.6 Å². The minimum absolute atomic E-state index is 0.113. The van der Waals surface area contributed by atoms with E-state index >= 15 is 0 Å². The summed E-state index contributed by atoms with van der Waals surface area (Å²) in [5, 5.41) is 15.1. The molecule has 5 nitrogen and oxygen atoms in total. The van der Waals surface area contributed by atoms with Crippen molar-refractivity contribution in [2.45, 2.75) is 32.0 Å². The smallest absolute Gasteiger partial charge is 0.113 e. The zero-order chi connectivity index (χ0) is 14.0. The molecular weight excluding hydrogens is 308 g/mol. The van der Waals surface area contributed by atoms with Crippen LogP contribution in [0.2, 0.25) is 0 Å². The number of aryl methyl sites for hydroxylation is 1. The van der Waals surface area contributed by atoms with Crippen LogP contribution in [0.3, 0.4) is 0 Å². The molecule has 0 spiro atoms. The lowest BCUT2D eigenvalue weighted by atomic mass is 10.0. The van der Waals surface area contributed by atoms with E-state index in [0.717, 1.165) is 42.8 Å². The van der Waals surface area contributed by atoms with Crippen molar-refractivity contribution in [1.29, 1.82) is 0 Å². The van der Waals surface area contributed by atoms with E-state index in [1.165, 1.54) is 0 Å². The Kier molecular flexibility index (Phi) is 5.00. The number of likely N-dealkylation sites (N-methyl/N-ethyl adjacent to an activating group) is 2. The second-order valence-corrected chi connectivity index (χ2v) is 6.21. The summed E-state index contributed by atoms with van der Waals surface area (Å²) in [6.45, 7) is 5.87. The molecule has 0 aliphatic carbocycles. The van der Waals surface area contributed by atoms with E-state index in [1.54, 1.807) is 6.20 Å². The van der Waals surface area contributed by atoms with Crippen LogP contribution in [0.1, 0.15) is 25.1 Å². The molecule has 1 aromatic heterocycles. The normalized spacial score (nSPS) is 23.7. The number of piperazine rings is 1. The van der Waals surface area contributed by atoms with Crippen LogP contribution in [-0.2, 0) is 6.54 Å². The molecule has 2 heterocycles. The van der Waals surface area contributed by atoms with Crippen LogP contribution in [0.25, 0.3) is 0 Å². The van der Waals surface area contributed by atoms with Gasteiger partial charge in [-0.3, -0.25) is 9.58 Å². The average molecular weight is 331 g/mol. The predicted molar refractivity (Wildman–Crippen MR) is 79.1 cm³/mol. The van der Waals surface area contributed by atoms with Gasteiger partial charge in [0.1, 0.15) is 6.10 Å². The van der Waals surface area contributed by atoms with Gasteiger partial charge in [-0.05, 0) is 36.4 Å². The van der Waals surface area contributed by atoms with Crippen LogP contribution >= 0.6 is 15.9 Å². The van der Waals surface area contributed by atoms with Crippen molar-refractivity contribution >= 4 is 15.9 Å². The van der Waals surface area contributed by atoms with E-state index in [-0.39, 0.29) is 6.04 Å². The molecule has 2 unspecified atom stereocenters. The molecule has 1 fully saturated rings. The molecule has 19 heavy (non-hydrogen) atoms.